The molecule has 2 amide bonds. The summed E-state index contributed by atoms with van der Waals surface area (Å²) in [5.74, 6) is -0.392. The molecule has 1 aromatic heterocycles. The standard InChI is InChI=1S/C13H18N4O2/c1-10(12(14)18)16-6-8-17(9-7-16)13(19)11-4-2-3-5-15-11/h2-5,10H,6-9H2,1H3,(H2,14,18). The minimum Gasteiger partial charge on any atom is -0.368 e. The predicted octanol–water partition coefficient (Wildman–Crippen LogP) is -0.287. The highest BCUT2D eigenvalue weighted by atomic mass is 16.2. The largest absolute Gasteiger partial charge is 0.368 e. The topological polar surface area (TPSA) is 79.5 Å². The van der Waals surface area contributed by atoms with E-state index in [9.17, 15) is 9.59 Å². The van der Waals surface area contributed by atoms with E-state index in [0.29, 0.717) is 31.9 Å². The molecule has 19 heavy (non-hydrogen) atoms. The normalized spacial score (nSPS) is 18.1. The van der Waals surface area contributed by atoms with E-state index < -0.39 is 0 Å². The molecule has 0 saturated carbocycles. The lowest BCUT2D eigenvalue weighted by molar-refractivity contribution is -0.123. The quantitative estimate of drug-likeness (QED) is 0.812. The summed E-state index contributed by atoms with van der Waals surface area (Å²) in [6.07, 6.45) is 1.61. The van der Waals surface area contributed by atoms with Gasteiger partial charge < -0.3 is 10.6 Å². The molecule has 1 unspecified atom stereocenters. The lowest BCUT2D eigenvalue weighted by Crippen LogP contribution is -2.54. The molecule has 1 aliphatic rings. The van der Waals surface area contributed by atoms with Crippen LogP contribution in [0.25, 0.3) is 0 Å². The van der Waals surface area contributed by atoms with Gasteiger partial charge in [0.1, 0.15) is 5.69 Å². The van der Waals surface area contributed by atoms with Crippen LogP contribution in [0.1, 0.15) is 17.4 Å². The Bertz CT molecular complexity index is 455. The van der Waals surface area contributed by atoms with Crippen molar-refractivity contribution in [3.05, 3.63) is 30.1 Å². The molecule has 6 heteroatoms. The highest BCUT2D eigenvalue weighted by molar-refractivity contribution is 5.92. The van der Waals surface area contributed by atoms with Crippen molar-refractivity contribution in [2.24, 2.45) is 5.73 Å². The van der Waals surface area contributed by atoms with Crippen LogP contribution in [0.3, 0.4) is 0 Å². The van der Waals surface area contributed by atoms with Gasteiger partial charge in [-0.05, 0) is 19.1 Å². The van der Waals surface area contributed by atoms with Gasteiger partial charge in [-0.15, -0.1) is 0 Å². The second-order valence-electron chi connectivity index (χ2n) is 4.62. The third-order valence-electron chi connectivity index (χ3n) is 3.44. The summed E-state index contributed by atoms with van der Waals surface area (Å²) in [5.41, 5.74) is 5.74. The van der Waals surface area contributed by atoms with Gasteiger partial charge in [0.15, 0.2) is 0 Å². The van der Waals surface area contributed by atoms with Gasteiger partial charge in [0.25, 0.3) is 5.91 Å². The number of amides is 2. The lowest BCUT2D eigenvalue weighted by Gasteiger charge is -2.36. The zero-order valence-electron chi connectivity index (χ0n) is 11.0. The molecular weight excluding hydrogens is 244 g/mol. The Kier molecular flexibility index (Phi) is 4.11. The van der Waals surface area contributed by atoms with E-state index in [2.05, 4.69) is 4.98 Å². The van der Waals surface area contributed by atoms with Crippen molar-refractivity contribution in [2.75, 3.05) is 26.2 Å². The molecule has 1 aliphatic heterocycles. The number of piperazine rings is 1. The van der Waals surface area contributed by atoms with Gasteiger partial charge >= 0.3 is 0 Å². The molecule has 2 rings (SSSR count). The van der Waals surface area contributed by atoms with Gasteiger partial charge in [-0.2, -0.15) is 0 Å². The molecule has 2 heterocycles. The first-order chi connectivity index (χ1) is 9.09. The monoisotopic (exact) mass is 262 g/mol. The fourth-order valence-corrected chi connectivity index (χ4v) is 2.14. The van der Waals surface area contributed by atoms with E-state index in [4.69, 9.17) is 5.73 Å². The lowest BCUT2D eigenvalue weighted by atomic mass is 10.2. The number of nitrogens with two attached hydrogens (primary N) is 1. The van der Waals surface area contributed by atoms with Crippen molar-refractivity contribution in [3.63, 3.8) is 0 Å². The number of carbonyl (C=O) groups is 2. The summed E-state index contributed by atoms with van der Waals surface area (Å²) in [4.78, 5) is 31.1. The predicted molar refractivity (Wildman–Crippen MR) is 70.4 cm³/mol. The van der Waals surface area contributed by atoms with E-state index in [0.717, 1.165) is 0 Å². The van der Waals surface area contributed by atoms with E-state index in [1.807, 2.05) is 4.90 Å². The Balaban J connectivity index is 1.93. The minimum absolute atomic E-state index is 0.0630. The summed E-state index contributed by atoms with van der Waals surface area (Å²) in [6.45, 7) is 4.28. The number of pyridine rings is 1. The van der Waals surface area contributed by atoms with Crippen LogP contribution in [-0.2, 0) is 4.79 Å². The molecule has 1 saturated heterocycles. The fourth-order valence-electron chi connectivity index (χ4n) is 2.14. The van der Waals surface area contributed by atoms with Crippen LogP contribution in [0.5, 0.6) is 0 Å². The summed E-state index contributed by atoms with van der Waals surface area (Å²) < 4.78 is 0. The van der Waals surface area contributed by atoms with Crippen LogP contribution in [0, 0.1) is 0 Å². The van der Waals surface area contributed by atoms with E-state index >= 15 is 0 Å². The maximum Gasteiger partial charge on any atom is 0.272 e. The van der Waals surface area contributed by atoms with Crippen LogP contribution in [0.2, 0.25) is 0 Å². The number of aromatic nitrogens is 1. The van der Waals surface area contributed by atoms with Crippen LogP contribution >= 0.6 is 0 Å². The van der Waals surface area contributed by atoms with Crippen molar-refractivity contribution < 1.29 is 9.59 Å². The molecule has 6 nitrogen and oxygen atoms in total. The third-order valence-corrected chi connectivity index (χ3v) is 3.44. The number of hydrogen-bond donors (Lipinski definition) is 1. The number of carbonyl (C=O) groups excluding carboxylic acids is 2. The van der Waals surface area contributed by atoms with Gasteiger partial charge in [-0.1, -0.05) is 6.07 Å². The number of hydrogen-bond acceptors (Lipinski definition) is 4. The molecule has 1 atom stereocenters. The zero-order valence-corrected chi connectivity index (χ0v) is 11.0. The number of nitrogens with zero attached hydrogens (tertiary/aromatic N) is 3. The average Bonchev–Trinajstić information content (AvgIpc) is 2.46. The molecule has 0 bridgehead atoms. The Hall–Kier alpha value is -1.95. The molecule has 2 N–H and O–H groups in total. The maximum absolute atomic E-state index is 12.2. The highest BCUT2D eigenvalue weighted by Crippen LogP contribution is 2.09. The molecule has 0 aliphatic carbocycles. The Morgan fingerprint density at radius 3 is 2.47 bits per heavy atom. The number of rotatable bonds is 3. The molecular formula is C13H18N4O2. The first kappa shape index (κ1) is 13.5. The summed E-state index contributed by atoms with van der Waals surface area (Å²) in [7, 11) is 0. The summed E-state index contributed by atoms with van der Waals surface area (Å²) in [5, 5.41) is 0. The molecule has 0 radical (unpaired) electrons. The average molecular weight is 262 g/mol. The van der Waals surface area contributed by atoms with E-state index in [1.165, 1.54) is 0 Å². The summed E-state index contributed by atoms with van der Waals surface area (Å²) in [6, 6.07) is 5.00. The van der Waals surface area contributed by atoms with Crippen molar-refractivity contribution >= 4 is 11.8 Å². The second-order valence-corrected chi connectivity index (χ2v) is 4.62. The highest BCUT2D eigenvalue weighted by Gasteiger charge is 2.26. The molecule has 0 spiro atoms. The van der Waals surface area contributed by atoms with Crippen LogP contribution in [0.15, 0.2) is 24.4 Å². The van der Waals surface area contributed by atoms with Gasteiger partial charge in [0.2, 0.25) is 5.91 Å². The maximum atomic E-state index is 12.2. The van der Waals surface area contributed by atoms with Crippen LogP contribution in [-0.4, -0.2) is 58.8 Å². The number of primary amides is 1. The third kappa shape index (κ3) is 3.08. The van der Waals surface area contributed by atoms with Crippen molar-refractivity contribution in [1.29, 1.82) is 0 Å². The van der Waals surface area contributed by atoms with E-state index in [1.54, 1.807) is 36.2 Å². The Morgan fingerprint density at radius 2 is 1.95 bits per heavy atom. The van der Waals surface area contributed by atoms with Gasteiger partial charge in [-0.25, -0.2) is 0 Å². The van der Waals surface area contributed by atoms with Crippen molar-refractivity contribution in [3.8, 4) is 0 Å². The first-order valence-electron chi connectivity index (χ1n) is 6.33. The minimum atomic E-state index is -0.329. The van der Waals surface area contributed by atoms with Crippen LogP contribution in [0.4, 0.5) is 0 Å². The Labute approximate surface area is 112 Å². The van der Waals surface area contributed by atoms with Crippen molar-refractivity contribution in [2.45, 2.75) is 13.0 Å². The van der Waals surface area contributed by atoms with E-state index in [-0.39, 0.29) is 17.9 Å². The van der Waals surface area contributed by atoms with Gasteiger partial charge in [-0.3, -0.25) is 19.5 Å². The van der Waals surface area contributed by atoms with Gasteiger partial charge in [0.05, 0.1) is 6.04 Å². The molecule has 1 fully saturated rings. The van der Waals surface area contributed by atoms with Crippen molar-refractivity contribution in [1.82, 2.24) is 14.8 Å². The van der Waals surface area contributed by atoms with Crippen LogP contribution < -0.4 is 5.73 Å². The molecule has 102 valence electrons. The molecule has 0 aromatic carbocycles. The smallest absolute Gasteiger partial charge is 0.272 e. The second kappa shape index (κ2) is 5.79. The zero-order chi connectivity index (χ0) is 13.8. The van der Waals surface area contributed by atoms with Gasteiger partial charge in [0, 0.05) is 32.4 Å². The molecule has 1 aromatic rings. The Morgan fingerprint density at radius 1 is 1.26 bits per heavy atom. The summed E-state index contributed by atoms with van der Waals surface area (Å²) >= 11 is 0. The SMILES string of the molecule is CC(C(N)=O)N1CCN(C(=O)c2ccccn2)CC1. The first-order valence-corrected chi connectivity index (χ1v) is 6.33. The fraction of sp³-hybridized carbons (Fsp3) is 0.462.